The lowest BCUT2D eigenvalue weighted by molar-refractivity contribution is 0.0997. The summed E-state index contributed by atoms with van der Waals surface area (Å²) in [6, 6.07) is 13.3. The molecule has 5 rings (SSSR count). The lowest BCUT2D eigenvalue weighted by Gasteiger charge is -2.14. The van der Waals surface area contributed by atoms with E-state index < -0.39 is 18.9 Å². The summed E-state index contributed by atoms with van der Waals surface area (Å²) in [5, 5.41) is 4.13. The molecule has 0 spiro atoms. The van der Waals surface area contributed by atoms with Crippen LogP contribution in [0, 0.1) is 11.7 Å². The van der Waals surface area contributed by atoms with Gasteiger partial charge in [-0.2, -0.15) is 0 Å². The number of ether oxygens (including phenoxy) is 1. The Morgan fingerprint density at radius 1 is 1.24 bits per heavy atom. The maximum Gasteiger partial charge on any atom is 0.254 e. The highest BCUT2D eigenvalue weighted by Gasteiger charge is 2.25. The summed E-state index contributed by atoms with van der Waals surface area (Å²) in [4.78, 5) is 20.3. The molecular weight excluding hydrogens is 504 g/mol. The Hall–Kier alpha value is -3.97. The van der Waals surface area contributed by atoms with Crippen molar-refractivity contribution < 1.29 is 18.5 Å². The summed E-state index contributed by atoms with van der Waals surface area (Å²) in [6.45, 7) is 8.48. The first-order valence-corrected chi connectivity index (χ1v) is 14.9. The molecule has 196 valence electrons. The van der Waals surface area contributed by atoms with Gasteiger partial charge in [-0.05, 0) is 80.1 Å². The first kappa shape index (κ1) is 25.7. The predicted octanol–water partition coefficient (Wildman–Crippen LogP) is 5.29. The molecule has 10 heteroatoms. The van der Waals surface area contributed by atoms with Crippen LogP contribution < -0.4 is 21.1 Å². The number of benzene rings is 2. The fourth-order valence-electron chi connectivity index (χ4n) is 4.23. The first-order valence-electron chi connectivity index (χ1n) is 12.3. The van der Waals surface area contributed by atoms with Crippen LogP contribution in [0.5, 0.6) is 11.6 Å². The minimum Gasteiger partial charge on any atom is -0.435 e. The number of hydrogen-bond donors (Lipinski definition) is 2. The van der Waals surface area contributed by atoms with E-state index in [0.717, 1.165) is 22.9 Å². The number of carbonyl (C=O) groups is 1. The van der Waals surface area contributed by atoms with E-state index in [1.54, 1.807) is 25.5 Å². The van der Waals surface area contributed by atoms with E-state index >= 15 is 0 Å². The standard InChI is InChI=1S/C28H29FN5O3P/c1-17(13-19-8-11-25(22(29)14-19)37-27-21(26(30)35)5-4-12-31-27)32-28-33-23-10-9-20(38(2,3)36)15-24(23)34(28)16-18-6-7-18/h4-5,8-12,14-15,18H,1,6-7,13,16H2,2-3H3,(H2,30,35)(H,32,33). The Balaban J connectivity index is 1.34. The van der Waals surface area contributed by atoms with Crippen molar-refractivity contribution in [3.63, 3.8) is 0 Å². The van der Waals surface area contributed by atoms with Crippen molar-refractivity contribution in [3.8, 4) is 11.6 Å². The molecule has 0 unspecified atom stereocenters. The molecule has 1 aliphatic rings. The molecule has 1 saturated carbocycles. The second-order valence-electron chi connectivity index (χ2n) is 10.0. The largest absolute Gasteiger partial charge is 0.435 e. The van der Waals surface area contributed by atoms with Crippen LogP contribution >= 0.6 is 7.14 Å². The fraction of sp³-hybridized carbons (Fsp3) is 0.250. The summed E-state index contributed by atoms with van der Waals surface area (Å²) in [6.07, 6.45) is 4.13. The second kappa shape index (κ2) is 10.1. The molecule has 0 aliphatic heterocycles. The molecule has 1 aliphatic carbocycles. The van der Waals surface area contributed by atoms with E-state index in [1.807, 2.05) is 18.2 Å². The van der Waals surface area contributed by atoms with E-state index in [9.17, 15) is 13.8 Å². The number of primary amides is 1. The molecule has 2 aromatic heterocycles. The van der Waals surface area contributed by atoms with Crippen LogP contribution in [0.4, 0.5) is 10.3 Å². The number of amides is 1. The van der Waals surface area contributed by atoms with Gasteiger partial charge in [-0.3, -0.25) is 4.79 Å². The van der Waals surface area contributed by atoms with Crippen LogP contribution in [-0.2, 0) is 17.5 Å². The normalized spacial score (nSPS) is 13.4. The number of nitrogens with zero attached hydrogens (tertiary/aromatic N) is 3. The maximum absolute atomic E-state index is 14.9. The molecule has 2 heterocycles. The van der Waals surface area contributed by atoms with Gasteiger partial charge < -0.3 is 24.9 Å². The molecule has 0 saturated heterocycles. The maximum atomic E-state index is 14.9. The predicted molar refractivity (Wildman–Crippen MR) is 147 cm³/mol. The number of allylic oxidation sites excluding steroid dienone is 1. The van der Waals surface area contributed by atoms with Crippen molar-refractivity contribution in [2.45, 2.75) is 25.8 Å². The third-order valence-electron chi connectivity index (χ3n) is 6.44. The number of hydrogen-bond acceptors (Lipinski definition) is 6. The van der Waals surface area contributed by atoms with Gasteiger partial charge in [0.1, 0.15) is 12.7 Å². The quantitative estimate of drug-likeness (QED) is 0.268. The zero-order chi connectivity index (χ0) is 27.0. The van der Waals surface area contributed by atoms with E-state index in [-0.39, 0.29) is 17.2 Å². The molecule has 4 aromatic rings. The summed E-state index contributed by atoms with van der Waals surface area (Å²) in [5.74, 6) is -0.192. The van der Waals surface area contributed by atoms with Crippen LogP contribution in [0.25, 0.3) is 11.0 Å². The average molecular weight is 534 g/mol. The minimum atomic E-state index is -2.42. The van der Waals surface area contributed by atoms with Crippen LogP contribution in [-0.4, -0.2) is 33.8 Å². The molecule has 0 radical (unpaired) electrons. The number of rotatable bonds is 10. The first-order chi connectivity index (χ1) is 18.1. The topological polar surface area (TPSA) is 112 Å². The van der Waals surface area contributed by atoms with E-state index in [0.29, 0.717) is 29.5 Å². The van der Waals surface area contributed by atoms with Gasteiger partial charge in [0, 0.05) is 30.2 Å². The molecule has 1 fully saturated rings. The van der Waals surface area contributed by atoms with Gasteiger partial charge in [-0.15, -0.1) is 0 Å². The molecule has 3 N–H and O–H groups in total. The van der Waals surface area contributed by atoms with Crippen LogP contribution in [0.3, 0.4) is 0 Å². The van der Waals surface area contributed by atoms with Crippen molar-refractivity contribution in [1.29, 1.82) is 0 Å². The van der Waals surface area contributed by atoms with Gasteiger partial charge in [0.05, 0.1) is 11.0 Å². The van der Waals surface area contributed by atoms with E-state index in [2.05, 4.69) is 21.4 Å². The number of imidazole rings is 1. The number of aromatic nitrogens is 3. The number of halogens is 1. The van der Waals surface area contributed by atoms with Gasteiger partial charge in [0.15, 0.2) is 11.6 Å². The Bertz CT molecular complexity index is 1610. The van der Waals surface area contributed by atoms with E-state index in [4.69, 9.17) is 15.5 Å². The third kappa shape index (κ3) is 5.63. The number of nitrogens with two attached hydrogens (primary N) is 1. The Morgan fingerprint density at radius 3 is 2.71 bits per heavy atom. The third-order valence-corrected chi connectivity index (χ3v) is 7.96. The Kier molecular flexibility index (Phi) is 6.80. The zero-order valence-corrected chi connectivity index (χ0v) is 22.2. The number of carbonyl (C=O) groups excluding carboxylic acids is 1. The fourth-order valence-corrected chi connectivity index (χ4v) is 5.10. The summed E-state index contributed by atoms with van der Waals surface area (Å²) in [5.41, 5.74) is 8.48. The van der Waals surface area contributed by atoms with Gasteiger partial charge in [0.2, 0.25) is 11.8 Å². The Labute approximate surface area is 220 Å². The minimum absolute atomic E-state index is 0.0575. The zero-order valence-electron chi connectivity index (χ0n) is 21.3. The van der Waals surface area contributed by atoms with Crippen molar-refractivity contribution >= 4 is 35.3 Å². The second-order valence-corrected chi connectivity index (χ2v) is 13.2. The van der Waals surface area contributed by atoms with Gasteiger partial charge in [-0.1, -0.05) is 12.6 Å². The number of pyridine rings is 1. The number of nitrogens with one attached hydrogen (secondary N) is 1. The van der Waals surface area contributed by atoms with Gasteiger partial charge in [0.25, 0.3) is 5.91 Å². The van der Waals surface area contributed by atoms with Gasteiger partial charge >= 0.3 is 0 Å². The highest BCUT2D eigenvalue weighted by molar-refractivity contribution is 7.70. The molecule has 0 bridgehead atoms. The number of anilines is 1. The SMILES string of the molecule is C=C(Cc1ccc(Oc2ncccc2C(N)=O)c(F)c1)Nc1nc2ccc(P(C)(C)=O)cc2n1CC1CC1. The van der Waals surface area contributed by atoms with Crippen LogP contribution in [0.1, 0.15) is 28.8 Å². The molecule has 1 amide bonds. The van der Waals surface area contributed by atoms with Crippen molar-refractivity contribution in [2.75, 3.05) is 18.6 Å². The van der Waals surface area contributed by atoms with Gasteiger partial charge in [-0.25, -0.2) is 14.4 Å². The molecular formula is C28H29FN5O3P. The molecule has 0 atom stereocenters. The van der Waals surface area contributed by atoms with Crippen molar-refractivity contribution in [3.05, 3.63) is 83.9 Å². The lowest BCUT2D eigenvalue weighted by Crippen LogP contribution is -2.13. The average Bonchev–Trinajstić information content (AvgIpc) is 3.62. The van der Waals surface area contributed by atoms with Crippen LogP contribution in [0.15, 0.2) is 67.0 Å². The van der Waals surface area contributed by atoms with Crippen molar-refractivity contribution in [1.82, 2.24) is 14.5 Å². The molecule has 2 aromatic carbocycles. The summed E-state index contributed by atoms with van der Waals surface area (Å²) < 4.78 is 35.2. The lowest BCUT2D eigenvalue weighted by atomic mass is 10.1. The monoisotopic (exact) mass is 533 g/mol. The summed E-state index contributed by atoms with van der Waals surface area (Å²) >= 11 is 0. The summed E-state index contributed by atoms with van der Waals surface area (Å²) in [7, 11) is -2.42. The highest BCUT2D eigenvalue weighted by atomic mass is 31.2. The number of fused-ring (bicyclic) bond motifs is 1. The smallest absolute Gasteiger partial charge is 0.254 e. The molecule has 38 heavy (non-hydrogen) atoms. The highest BCUT2D eigenvalue weighted by Crippen LogP contribution is 2.37. The van der Waals surface area contributed by atoms with Crippen LogP contribution in [0.2, 0.25) is 0 Å². The van der Waals surface area contributed by atoms with Crippen molar-refractivity contribution in [2.24, 2.45) is 11.7 Å². The molecule has 8 nitrogen and oxygen atoms in total. The van der Waals surface area contributed by atoms with E-state index in [1.165, 1.54) is 37.2 Å². The Morgan fingerprint density at radius 2 is 2.03 bits per heavy atom.